The fourth-order valence-corrected chi connectivity index (χ4v) is 0. The van der Waals surface area contributed by atoms with Crippen LogP contribution in [0.25, 0.3) is 0 Å². The van der Waals surface area contributed by atoms with Crippen LogP contribution in [0.2, 0.25) is 0 Å². The predicted molar refractivity (Wildman–Crippen MR) is 24.1 cm³/mol. The van der Waals surface area contributed by atoms with E-state index in [1.807, 2.05) is 0 Å². The third-order valence-corrected chi connectivity index (χ3v) is 0. The molecular weight excluding hydrogens is 246 g/mol. The van der Waals surface area contributed by atoms with E-state index in [9.17, 15) is 0 Å². The summed E-state index contributed by atoms with van der Waals surface area (Å²) in [7, 11) is -9.78. The van der Waals surface area contributed by atoms with E-state index in [0.717, 1.165) is 0 Å². The van der Waals surface area contributed by atoms with Gasteiger partial charge in [-0.15, -0.1) is 0 Å². The third-order valence-electron chi connectivity index (χ3n) is 0. The molecule has 0 spiro atoms. The van der Waals surface area contributed by atoms with Crippen molar-refractivity contribution in [2.24, 2.45) is 0 Å². The van der Waals surface area contributed by atoms with Crippen molar-refractivity contribution in [2.75, 3.05) is 0 Å². The minimum atomic E-state index is -4.89. The van der Waals surface area contributed by atoms with Crippen LogP contribution in [-0.4, -0.2) is 19.6 Å². The van der Waals surface area contributed by atoms with Crippen molar-refractivity contribution < 1.29 is 55.6 Å². The smallest absolute Gasteiger partial charge is 0.756 e. The SMILES string of the molecule is O=P([O-])(O)O.O=P([O-])(O)O.[Fe+2]. The molecule has 8 nitrogen and oxygen atoms in total. The Morgan fingerprint density at radius 3 is 0.818 bits per heavy atom. The van der Waals surface area contributed by atoms with Gasteiger partial charge >= 0.3 is 17.1 Å². The first-order chi connectivity index (χ1) is 4.00. The van der Waals surface area contributed by atoms with Gasteiger partial charge < -0.3 is 29.4 Å². The van der Waals surface area contributed by atoms with Crippen molar-refractivity contribution in [3.05, 3.63) is 0 Å². The van der Waals surface area contributed by atoms with Crippen LogP contribution in [0.5, 0.6) is 0 Å². The summed E-state index contributed by atoms with van der Waals surface area (Å²) >= 11 is 0. The van der Waals surface area contributed by atoms with Gasteiger partial charge in [-0.3, -0.25) is 9.13 Å². The zero-order valence-corrected chi connectivity index (χ0v) is 7.56. The van der Waals surface area contributed by atoms with Gasteiger partial charge in [-0.2, -0.15) is 0 Å². The Bertz CT molecular complexity index is 124. The van der Waals surface area contributed by atoms with Gasteiger partial charge in [-0.05, 0) is 0 Å². The molecule has 0 rings (SSSR count). The number of phosphoric acid groups is 2. The average Bonchev–Trinajstić information content (AvgIpc) is 1.12. The number of hydrogen-bond acceptors (Lipinski definition) is 4. The maximum absolute atomic E-state index is 8.77. The van der Waals surface area contributed by atoms with Crippen LogP contribution >= 0.6 is 15.6 Å². The molecule has 0 bridgehead atoms. The Labute approximate surface area is 71.8 Å². The molecule has 0 amide bonds. The quantitative estimate of drug-likeness (QED) is 0.259. The standard InChI is InChI=1S/Fe.2H3O4P/c;2*1-5(2,3)4/h;2*(H3,1,2,3,4)/q+2;;/p-2. The van der Waals surface area contributed by atoms with Crippen LogP contribution in [0.4, 0.5) is 0 Å². The second-order valence-electron chi connectivity index (χ2n) is 0.981. The molecule has 70 valence electrons. The molecule has 0 aromatic heterocycles. The van der Waals surface area contributed by atoms with Crippen LogP contribution in [0, 0.1) is 0 Å². The normalized spacial score (nSPS) is 10.7. The molecule has 11 heavy (non-hydrogen) atoms. The Hall–Kier alpha value is 0.739. The molecule has 0 saturated heterocycles. The van der Waals surface area contributed by atoms with Crippen molar-refractivity contribution in [2.45, 2.75) is 0 Å². The topological polar surface area (TPSA) is 161 Å². The fourth-order valence-electron chi connectivity index (χ4n) is 0. The maximum Gasteiger partial charge on any atom is 2.00 e. The van der Waals surface area contributed by atoms with Crippen LogP contribution in [0.1, 0.15) is 0 Å². The molecule has 0 aliphatic carbocycles. The number of rotatable bonds is 0. The van der Waals surface area contributed by atoms with Gasteiger partial charge in [0.25, 0.3) is 15.6 Å². The molecule has 0 aromatic rings. The summed E-state index contributed by atoms with van der Waals surface area (Å²) < 4.78 is 17.5. The second-order valence-corrected chi connectivity index (χ2v) is 2.94. The van der Waals surface area contributed by atoms with E-state index in [1.54, 1.807) is 0 Å². The van der Waals surface area contributed by atoms with Crippen LogP contribution in [0.15, 0.2) is 0 Å². The van der Waals surface area contributed by atoms with Crippen LogP contribution in [0.3, 0.4) is 0 Å². The Morgan fingerprint density at radius 1 is 0.818 bits per heavy atom. The molecule has 0 aliphatic rings. The van der Waals surface area contributed by atoms with Crippen molar-refractivity contribution in [1.82, 2.24) is 0 Å². The van der Waals surface area contributed by atoms with Gasteiger partial charge in [-0.25, -0.2) is 0 Å². The summed E-state index contributed by atoms with van der Waals surface area (Å²) in [5, 5.41) is 0. The first-order valence-corrected chi connectivity index (χ1v) is 4.59. The van der Waals surface area contributed by atoms with Crippen molar-refractivity contribution in [1.29, 1.82) is 0 Å². The molecule has 0 aliphatic heterocycles. The summed E-state index contributed by atoms with van der Waals surface area (Å²) in [6.45, 7) is 0. The van der Waals surface area contributed by atoms with Gasteiger partial charge in [0, 0.05) is 0 Å². The minimum absolute atomic E-state index is 0. The van der Waals surface area contributed by atoms with Gasteiger partial charge in [0.1, 0.15) is 0 Å². The van der Waals surface area contributed by atoms with E-state index >= 15 is 0 Å². The van der Waals surface area contributed by atoms with E-state index in [2.05, 4.69) is 0 Å². The largest absolute Gasteiger partial charge is 2.00 e. The zero-order chi connectivity index (χ0) is 9.00. The average molecular weight is 250 g/mol. The van der Waals surface area contributed by atoms with Crippen molar-refractivity contribution >= 4 is 15.6 Å². The molecule has 0 saturated carbocycles. The fraction of sp³-hybridized carbons (Fsp3) is 0. The van der Waals surface area contributed by atoms with E-state index in [-0.39, 0.29) is 17.1 Å². The Kier molecular flexibility index (Phi) is 10.1. The second kappa shape index (κ2) is 6.28. The van der Waals surface area contributed by atoms with Gasteiger partial charge in [-0.1, -0.05) is 0 Å². The van der Waals surface area contributed by atoms with E-state index in [4.69, 9.17) is 38.5 Å². The third kappa shape index (κ3) is 1500. The number of hydrogen-bond donors (Lipinski definition) is 4. The molecule has 0 radical (unpaired) electrons. The first-order valence-electron chi connectivity index (χ1n) is 1.53. The summed E-state index contributed by atoms with van der Waals surface area (Å²) in [5.74, 6) is 0. The monoisotopic (exact) mass is 250 g/mol. The molecule has 0 atom stereocenters. The van der Waals surface area contributed by atoms with E-state index in [1.165, 1.54) is 0 Å². The minimum Gasteiger partial charge on any atom is -0.756 e. The zero-order valence-electron chi connectivity index (χ0n) is 4.67. The van der Waals surface area contributed by atoms with Crippen LogP contribution < -0.4 is 9.79 Å². The maximum atomic E-state index is 8.77. The molecular formula is H4FeO8P2. The molecule has 0 aromatic carbocycles. The van der Waals surface area contributed by atoms with Crippen molar-refractivity contribution in [3.63, 3.8) is 0 Å². The molecule has 0 unspecified atom stereocenters. The Balaban J connectivity index is -0.000000107. The molecule has 4 N–H and O–H groups in total. The summed E-state index contributed by atoms with van der Waals surface area (Å²) in [5.41, 5.74) is 0. The van der Waals surface area contributed by atoms with Crippen molar-refractivity contribution in [3.8, 4) is 0 Å². The Morgan fingerprint density at radius 2 is 0.818 bits per heavy atom. The summed E-state index contributed by atoms with van der Waals surface area (Å²) in [6, 6.07) is 0. The summed E-state index contributed by atoms with van der Waals surface area (Å²) in [6.07, 6.45) is 0. The predicted octanol–water partition coefficient (Wildman–Crippen LogP) is -3.12. The molecule has 11 heteroatoms. The van der Waals surface area contributed by atoms with Gasteiger partial charge in [0.15, 0.2) is 0 Å². The van der Waals surface area contributed by atoms with Gasteiger partial charge in [0.05, 0.1) is 0 Å². The summed E-state index contributed by atoms with van der Waals surface area (Å²) in [4.78, 5) is 45.8. The van der Waals surface area contributed by atoms with E-state index in [0.29, 0.717) is 0 Å². The van der Waals surface area contributed by atoms with Crippen LogP contribution in [-0.2, 0) is 26.2 Å². The first kappa shape index (κ1) is 17.7. The van der Waals surface area contributed by atoms with Gasteiger partial charge in [0.2, 0.25) is 0 Å². The molecule has 0 fully saturated rings. The van der Waals surface area contributed by atoms with E-state index < -0.39 is 15.6 Å². The molecule has 0 heterocycles.